The number of carbonyl (C=O) groups excluding carboxylic acids is 1. The minimum Gasteiger partial charge on any atom is -0.392 e. The number of hydrogen-bond donors (Lipinski definition) is 3. The lowest BCUT2D eigenvalue weighted by molar-refractivity contribution is 0.107. The second-order valence-corrected chi connectivity index (χ2v) is 8.04. The number of hydrogen-bond acceptors (Lipinski definition) is 3. The number of nitrogens with one attached hydrogen (secondary N) is 2. The number of carbonyl (C=O) groups is 1. The maximum absolute atomic E-state index is 12.5. The third-order valence-electron chi connectivity index (χ3n) is 3.86. The average molecular weight is 299 g/mol. The molecule has 1 fully saturated rings. The summed E-state index contributed by atoms with van der Waals surface area (Å²) in [5.41, 5.74) is 0.0131. The fourth-order valence-electron chi connectivity index (χ4n) is 3.49. The highest BCUT2D eigenvalue weighted by molar-refractivity contribution is 5.75. The second kappa shape index (κ2) is 6.53. The van der Waals surface area contributed by atoms with E-state index in [9.17, 15) is 9.90 Å². The molecule has 0 aromatic rings. The summed E-state index contributed by atoms with van der Waals surface area (Å²) in [4.78, 5) is 14.2. The fourth-order valence-corrected chi connectivity index (χ4v) is 3.49. The van der Waals surface area contributed by atoms with Crippen molar-refractivity contribution in [3.63, 3.8) is 0 Å². The smallest absolute Gasteiger partial charge is 0.317 e. The topological polar surface area (TPSA) is 64.6 Å². The lowest BCUT2D eigenvalue weighted by Crippen LogP contribution is -2.63. The molecule has 0 radical (unpaired) electrons. The normalized spacial score (nSPS) is 22.9. The van der Waals surface area contributed by atoms with Crippen LogP contribution in [0.1, 0.15) is 61.3 Å². The van der Waals surface area contributed by atoms with Gasteiger partial charge in [0.2, 0.25) is 0 Å². The lowest BCUT2D eigenvalue weighted by atomic mass is 9.79. The van der Waals surface area contributed by atoms with Crippen LogP contribution in [0.4, 0.5) is 4.79 Å². The van der Waals surface area contributed by atoms with Crippen molar-refractivity contribution in [2.24, 2.45) is 0 Å². The first-order valence-corrected chi connectivity index (χ1v) is 7.96. The zero-order valence-electron chi connectivity index (χ0n) is 14.7. The van der Waals surface area contributed by atoms with E-state index in [0.717, 1.165) is 12.8 Å². The molecule has 5 nitrogen and oxygen atoms in total. The predicted molar refractivity (Wildman–Crippen MR) is 86.4 cm³/mol. The molecule has 0 spiro atoms. The van der Waals surface area contributed by atoms with Crippen molar-refractivity contribution in [2.45, 2.75) is 90.6 Å². The summed E-state index contributed by atoms with van der Waals surface area (Å²) in [6.07, 6.45) is 1.30. The molecule has 2 amide bonds. The van der Waals surface area contributed by atoms with Gasteiger partial charge in [-0.1, -0.05) is 0 Å². The van der Waals surface area contributed by atoms with Gasteiger partial charge in [0.15, 0.2) is 0 Å². The number of aliphatic hydroxyl groups is 1. The molecule has 1 rings (SSSR count). The van der Waals surface area contributed by atoms with E-state index in [1.807, 2.05) is 13.8 Å². The molecule has 0 aliphatic carbocycles. The number of urea groups is 1. The van der Waals surface area contributed by atoms with Crippen molar-refractivity contribution in [3.05, 3.63) is 0 Å². The third kappa shape index (κ3) is 5.83. The van der Waals surface area contributed by atoms with Crippen LogP contribution in [0.2, 0.25) is 0 Å². The Kier molecular flexibility index (Phi) is 5.67. The minimum atomic E-state index is -0.515. The van der Waals surface area contributed by atoms with Crippen LogP contribution in [0.3, 0.4) is 0 Å². The highest BCUT2D eigenvalue weighted by Crippen LogP contribution is 2.28. The average Bonchev–Trinajstić information content (AvgIpc) is 2.20. The summed E-state index contributed by atoms with van der Waals surface area (Å²) in [6, 6.07) is 0.144. The molecule has 1 saturated heterocycles. The number of nitrogens with zero attached hydrogens (tertiary/aromatic N) is 1. The zero-order valence-corrected chi connectivity index (χ0v) is 14.7. The van der Waals surface area contributed by atoms with E-state index >= 15 is 0 Å². The molecule has 21 heavy (non-hydrogen) atoms. The monoisotopic (exact) mass is 299 g/mol. The number of aliphatic hydroxyl groups excluding tert-OH is 1. The zero-order chi connectivity index (χ0) is 16.4. The van der Waals surface area contributed by atoms with Gasteiger partial charge in [0.05, 0.1) is 6.10 Å². The van der Waals surface area contributed by atoms with Crippen molar-refractivity contribution < 1.29 is 9.90 Å². The van der Waals surface area contributed by atoms with Gasteiger partial charge in [-0.15, -0.1) is 0 Å². The van der Waals surface area contributed by atoms with Gasteiger partial charge in [-0.2, -0.15) is 0 Å². The van der Waals surface area contributed by atoms with Gasteiger partial charge in [0.25, 0.3) is 0 Å². The summed E-state index contributed by atoms with van der Waals surface area (Å²) < 4.78 is 0. The highest BCUT2D eigenvalue weighted by Gasteiger charge is 2.38. The Balaban J connectivity index is 2.72. The number of amides is 2. The number of piperidine rings is 1. The Morgan fingerprint density at radius 2 is 1.71 bits per heavy atom. The Morgan fingerprint density at radius 3 is 2.10 bits per heavy atom. The van der Waals surface area contributed by atoms with Crippen molar-refractivity contribution >= 4 is 6.03 Å². The van der Waals surface area contributed by atoms with E-state index in [2.05, 4.69) is 38.3 Å². The minimum absolute atomic E-state index is 0.00657. The molecule has 124 valence electrons. The van der Waals surface area contributed by atoms with E-state index in [1.165, 1.54) is 0 Å². The molecule has 1 heterocycles. The van der Waals surface area contributed by atoms with Gasteiger partial charge in [-0.25, -0.2) is 4.79 Å². The van der Waals surface area contributed by atoms with Crippen LogP contribution < -0.4 is 10.6 Å². The molecule has 1 unspecified atom stereocenters. The summed E-state index contributed by atoms with van der Waals surface area (Å²) >= 11 is 0. The lowest BCUT2D eigenvalue weighted by Gasteiger charge is -2.47. The SMILES string of the molecule is CC(O)CN(C(=O)NC1CC(C)(C)NC(C)(C)C1)C(C)C. The standard InChI is InChI=1S/C16H33N3O2/c1-11(2)19(10-12(3)20)14(21)17-13-8-15(4,5)18-16(6,7)9-13/h11-13,18,20H,8-10H2,1-7H3,(H,17,21). The summed E-state index contributed by atoms with van der Waals surface area (Å²) in [6.45, 7) is 14.7. The Labute approximate surface area is 129 Å². The Morgan fingerprint density at radius 1 is 1.24 bits per heavy atom. The first-order valence-electron chi connectivity index (χ1n) is 7.96. The van der Waals surface area contributed by atoms with Crippen molar-refractivity contribution in [1.82, 2.24) is 15.5 Å². The van der Waals surface area contributed by atoms with Gasteiger partial charge in [0, 0.05) is 29.7 Å². The van der Waals surface area contributed by atoms with Gasteiger partial charge < -0.3 is 20.6 Å². The molecule has 0 aromatic heterocycles. The maximum Gasteiger partial charge on any atom is 0.317 e. The molecule has 1 aliphatic heterocycles. The van der Waals surface area contributed by atoms with Crippen LogP contribution in [0, 0.1) is 0 Å². The molecule has 0 saturated carbocycles. The van der Waals surface area contributed by atoms with E-state index in [4.69, 9.17) is 0 Å². The van der Waals surface area contributed by atoms with Gasteiger partial charge in [0.1, 0.15) is 0 Å². The quantitative estimate of drug-likeness (QED) is 0.745. The molecule has 3 N–H and O–H groups in total. The van der Waals surface area contributed by atoms with Gasteiger partial charge in [-0.05, 0) is 61.3 Å². The van der Waals surface area contributed by atoms with Crippen molar-refractivity contribution in [2.75, 3.05) is 6.54 Å². The van der Waals surface area contributed by atoms with Crippen molar-refractivity contribution in [3.8, 4) is 0 Å². The molecule has 1 atom stereocenters. The second-order valence-electron chi connectivity index (χ2n) is 8.04. The predicted octanol–water partition coefficient (Wildman–Crippen LogP) is 2.10. The Bertz CT molecular complexity index is 349. The first-order chi connectivity index (χ1) is 9.42. The van der Waals surface area contributed by atoms with E-state index in [0.29, 0.717) is 6.54 Å². The van der Waals surface area contributed by atoms with Crippen LogP contribution in [-0.2, 0) is 0 Å². The van der Waals surface area contributed by atoms with Crippen LogP contribution >= 0.6 is 0 Å². The van der Waals surface area contributed by atoms with E-state index in [-0.39, 0.29) is 29.2 Å². The summed E-state index contributed by atoms with van der Waals surface area (Å²) in [5.74, 6) is 0. The van der Waals surface area contributed by atoms with Crippen LogP contribution in [0.25, 0.3) is 0 Å². The molecule has 5 heteroatoms. The summed E-state index contributed by atoms with van der Waals surface area (Å²) in [5, 5.41) is 16.3. The van der Waals surface area contributed by atoms with Crippen LogP contribution in [-0.4, -0.2) is 51.8 Å². The number of rotatable bonds is 4. The maximum atomic E-state index is 12.5. The van der Waals surface area contributed by atoms with Crippen molar-refractivity contribution in [1.29, 1.82) is 0 Å². The van der Waals surface area contributed by atoms with Gasteiger partial charge in [-0.3, -0.25) is 0 Å². The molecule has 0 aromatic carbocycles. The first kappa shape index (κ1) is 18.2. The summed E-state index contributed by atoms with van der Waals surface area (Å²) in [7, 11) is 0. The molecular formula is C16H33N3O2. The molecule has 1 aliphatic rings. The molecule has 0 bridgehead atoms. The molecular weight excluding hydrogens is 266 g/mol. The Hall–Kier alpha value is -0.810. The fraction of sp³-hybridized carbons (Fsp3) is 0.938. The van der Waals surface area contributed by atoms with Gasteiger partial charge >= 0.3 is 6.03 Å². The van der Waals surface area contributed by atoms with E-state index < -0.39 is 6.10 Å². The highest BCUT2D eigenvalue weighted by atomic mass is 16.3. The van der Waals surface area contributed by atoms with E-state index in [1.54, 1.807) is 11.8 Å². The van der Waals surface area contributed by atoms with Crippen LogP contribution in [0.15, 0.2) is 0 Å². The third-order valence-corrected chi connectivity index (χ3v) is 3.86. The van der Waals surface area contributed by atoms with Crippen LogP contribution in [0.5, 0.6) is 0 Å². The largest absolute Gasteiger partial charge is 0.392 e.